The maximum absolute atomic E-state index is 14.3. The molecule has 3 aromatic carbocycles. The summed E-state index contributed by atoms with van der Waals surface area (Å²) >= 11 is 0. The summed E-state index contributed by atoms with van der Waals surface area (Å²) in [6.45, 7) is 3.47. The summed E-state index contributed by atoms with van der Waals surface area (Å²) in [5, 5.41) is 24.9. The highest BCUT2D eigenvalue weighted by molar-refractivity contribution is 6.01. The molecule has 0 saturated heterocycles. The molecule has 0 fully saturated rings. The van der Waals surface area contributed by atoms with Crippen LogP contribution in [0.1, 0.15) is 64.1 Å². The monoisotopic (exact) mass is 715 g/mol. The van der Waals surface area contributed by atoms with Crippen molar-refractivity contribution in [3.8, 4) is 11.5 Å². The van der Waals surface area contributed by atoms with Gasteiger partial charge in [-0.05, 0) is 72.9 Å². The number of hydrogen-bond donors (Lipinski definition) is 2. The minimum atomic E-state index is -4.71. The Morgan fingerprint density at radius 3 is 2.08 bits per heavy atom. The number of benzene rings is 3. The number of carbonyl (C=O) groups is 3. The van der Waals surface area contributed by atoms with Crippen LogP contribution in [0.3, 0.4) is 0 Å². The van der Waals surface area contributed by atoms with Crippen LogP contribution in [-0.4, -0.2) is 69.6 Å². The molecule has 0 aliphatic heterocycles. The molecule has 4 aromatic rings. The molecule has 0 unspecified atom stereocenters. The molecule has 2 atom stereocenters. The van der Waals surface area contributed by atoms with Crippen LogP contribution in [0.25, 0.3) is 11.5 Å². The Hall–Kier alpha value is -5.31. The first kappa shape index (κ1) is 38.5. The number of oxazole rings is 1. The summed E-state index contributed by atoms with van der Waals surface area (Å²) < 4.78 is 74.1. The molecule has 10 nitrogen and oxygen atoms in total. The van der Waals surface area contributed by atoms with Crippen molar-refractivity contribution in [2.45, 2.75) is 58.0 Å². The zero-order valence-corrected chi connectivity index (χ0v) is 27.8. The lowest BCUT2D eigenvalue weighted by Gasteiger charge is -2.31. The van der Waals surface area contributed by atoms with E-state index in [2.05, 4.69) is 4.98 Å². The SMILES string of the molecule is CCCN(CCC)C(=O)c1cc(C(=O)N(Cc2cccc(C(F)(F)F)c2)C[C@@H](O)[C@H](Cc2cc(F)cc(F)c2)NC(=O)[O-])cc(-c2ncco2)c1. The molecule has 2 N–H and O–H groups in total. The van der Waals surface area contributed by atoms with E-state index in [9.17, 15) is 46.5 Å². The minimum absolute atomic E-state index is 0.0132. The van der Waals surface area contributed by atoms with Crippen molar-refractivity contribution < 1.29 is 51.0 Å². The van der Waals surface area contributed by atoms with Crippen LogP contribution >= 0.6 is 0 Å². The highest BCUT2D eigenvalue weighted by Crippen LogP contribution is 2.30. The molecule has 4 rings (SSSR count). The van der Waals surface area contributed by atoms with Gasteiger partial charge in [-0.2, -0.15) is 13.2 Å². The summed E-state index contributed by atoms with van der Waals surface area (Å²) in [5.74, 6) is -3.09. The van der Waals surface area contributed by atoms with Crippen molar-refractivity contribution >= 4 is 17.9 Å². The molecule has 3 amide bonds. The number of halogens is 5. The second kappa shape index (κ2) is 17.1. The fraction of sp³-hybridized carbons (Fsp3) is 0.333. The van der Waals surface area contributed by atoms with Crippen molar-refractivity contribution in [3.05, 3.63) is 113 Å². The Labute approximate surface area is 290 Å². The summed E-state index contributed by atoms with van der Waals surface area (Å²) in [7, 11) is 0. The van der Waals surface area contributed by atoms with E-state index in [4.69, 9.17) is 4.42 Å². The number of hydrogen-bond acceptors (Lipinski definition) is 7. The topological polar surface area (TPSA) is 139 Å². The van der Waals surface area contributed by atoms with Crippen LogP contribution in [0, 0.1) is 11.6 Å². The molecule has 0 saturated carbocycles. The number of aliphatic hydroxyl groups excluding tert-OH is 1. The number of rotatable bonds is 15. The second-order valence-electron chi connectivity index (χ2n) is 11.9. The van der Waals surface area contributed by atoms with Gasteiger partial charge in [0.2, 0.25) is 5.89 Å². The van der Waals surface area contributed by atoms with Crippen LogP contribution in [0.4, 0.5) is 26.7 Å². The number of carboxylic acid groups (broad SMARTS) is 1. The zero-order chi connectivity index (χ0) is 37.3. The number of nitrogens with one attached hydrogen (secondary N) is 1. The number of nitrogens with zero attached hydrogens (tertiary/aromatic N) is 3. The quantitative estimate of drug-likeness (QED) is 0.156. The van der Waals surface area contributed by atoms with E-state index in [1.807, 2.05) is 19.2 Å². The maximum atomic E-state index is 14.3. The Morgan fingerprint density at radius 2 is 1.53 bits per heavy atom. The van der Waals surface area contributed by atoms with E-state index in [1.54, 1.807) is 4.90 Å². The molecule has 15 heteroatoms. The van der Waals surface area contributed by atoms with E-state index in [-0.39, 0.29) is 33.7 Å². The van der Waals surface area contributed by atoms with Gasteiger partial charge < -0.3 is 34.5 Å². The molecular weight excluding hydrogens is 679 g/mol. The van der Waals surface area contributed by atoms with Crippen molar-refractivity contribution in [2.24, 2.45) is 0 Å². The maximum Gasteiger partial charge on any atom is 0.416 e. The average Bonchev–Trinajstić information content (AvgIpc) is 3.61. The van der Waals surface area contributed by atoms with E-state index < -0.39 is 72.9 Å². The zero-order valence-electron chi connectivity index (χ0n) is 27.8. The Bertz CT molecular complexity index is 1790. The molecule has 0 aliphatic carbocycles. The predicted molar refractivity (Wildman–Crippen MR) is 173 cm³/mol. The van der Waals surface area contributed by atoms with Gasteiger partial charge in [-0.15, -0.1) is 0 Å². The fourth-order valence-corrected chi connectivity index (χ4v) is 5.64. The fourth-order valence-electron chi connectivity index (χ4n) is 5.64. The van der Waals surface area contributed by atoms with Crippen molar-refractivity contribution in [3.63, 3.8) is 0 Å². The highest BCUT2D eigenvalue weighted by atomic mass is 19.4. The first-order valence-electron chi connectivity index (χ1n) is 16.1. The van der Waals surface area contributed by atoms with Crippen molar-refractivity contribution in [2.75, 3.05) is 19.6 Å². The normalized spacial score (nSPS) is 12.6. The lowest BCUT2D eigenvalue weighted by molar-refractivity contribution is -0.252. The average molecular weight is 716 g/mol. The summed E-state index contributed by atoms with van der Waals surface area (Å²) in [5.41, 5.74) is -0.793. The largest absolute Gasteiger partial charge is 0.530 e. The van der Waals surface area contributed by atoms with Crippen LogP contribution < -0.4 is 10.4 Å². The standard InChI is InChI=1S/C36H37F5N4O6/c1-3-9-44(10-4-2)33(47)25-16-24(32-42-8-11-51-32)17-26(18-25)34(48)45(20-22-6-5-7-27(12-22)36(39,40)41)21-31(46)30(43-35(49)50)15-23-13-28(37)19-29(38)14-23/h5-8,11-14,16-19,30-31,43,46H,3-4,9-10,15,20-21H2,1-2H3,(H,49,50)/p-1/t30-,31+/m0/s1. The molecule has 1 aromatic heterocycles. The van der Waals surface area contributed by atoms with Crippen molar-refractivity contribution in [1.29, 1.82) is 0 Å². The second-order valence-corrected chi connectivity index (χ2v) is 11.9. The van der Waals surface area contributed by atoms with E-state index in [0.29, 0.717) is 32.0 Å². The molecular formula is C36H36F5N4O6-. The van der Waals surface area contributed by atoms with Gasteiger partial charge in [0.25, 0.3) is 11.8 Å². The third kappa shape index (κ3) is 10.6. The molecule has 51 heavy (non-hydrogen) atoms. The van der Waals surface area contributed by atoms with E-state index in [1.165, 1.54) is 36.7 Å². The molecule has 0 radical (unpaired) electrons. The number of alkyl halides is 3. The van der Waals surface area contributed by atoms with Gasteiger partial charge in [-0.25, -0.2) is 13.8 Å². The van der Waals surface area contributed by atoms with Crippen LogP contribution in [-0.2, 0) is 19.1 Å². The lowest BCUT2D eigenvalue weighted by Crippen LogP contribution is -2.53. The molecule has 0 spiro atoms. The number of aliphatic hydroxyl groups is 1. The van der Waals surface area contributed by atoms with Crippen LogP contribution in [0.15, 0.2) is 77.5 Å². The predicted octanol–water partition coefficient (Wildman–Crippen LogP) is 5.45. The van der Waals surface area contributed by atoms with Gasteiger partial charge in [0.15, 0.2) is 0 Å². The number of aromatic nitrogens is 1. The first-order chi connectivity index (χ1) is 24.2. The highest BCUT2D eigenvalue weighted by Gasteiger charge is 2.32. The van der Waals surface area contributed by atoms with E-state index >= 15 is 0 Å². The molecule has 272 valence electrons. The van der Waals surface area contributed by atoms with Gasteiger partial charge >= 0.3 is 6.18 Å². The van der Waals surface area contributed by atoms with Gasteiger partial charge in [0.1, 0.15) is 24.0 Å². The van der Waals surface area contributed by atoms with Gasteiger partial charge in [0.05, 0.1) is 23.9 Å². The van der Waals surface area contributed by atoms with Gasteiger partial charge in [-0.1, -0.05) is 26.0 Å². The third-order valence-electron chi connectivity index (χ3n) is 7.85. The third-order valence-corrected chi connectivity index (χ3v) is 7.85. The lowest BCUT2D eigenvalue weighted by atomic mass is 9.99. The number of carbonyl (C=O) groups excluding carboxylic acids is 3. The van der Waals surface area contributed by atoms with Gasteiger partial charge in [0, 0.05) is 48.9 Å². The summed E-state index contributed by atoms with van der Waals surface area (Å²) in [4.78, 5) is 46.3. The molecule has 0 bridgehead atoms. The summed E-state index contributed by atoms with van der Waals surface area (Å²) in [6.07, 6.45) is -4.81. The van der Waals surface area contributed by atoms with Gasteiger partial charge in [-0.3, -0.25) is 9.59 Å². The van der Waals surface area contributed by atoms with Crippen molar-refractivity contribution in [1.82, 2.24) is 20.1 Å². The molecule has 1 heterocycles. The smallest absolute Gasteiger partial charge is 0.416 e. The summed E-state index contributed by atoms with van der Waals surface area (Å²) in [6, 6.07) is 9.30. The van der Waals surface area contributed by atoms with Crippen LogP contribution in [0.2, 0.25) is 0 Å². The minimum Gasteiger partial charge on any atom is -0.530 e. The first-order valence-corrected chi connectivity index (χ1v) is 16.1. The Morgan fingerprint density at radius 1 is 0.902 bits per heavy atom. The van der Waals surface area contributed by atoms with E-state index in [0.717, 1.165) is 35.2 Å². The van der Waals surface area contributed by atoms with Crippen LogP contribution in [0.5, 0.6) is 0 Å². The number of amides is 3. The Kier molecular flexibility index (Phi) is 12.9. The Balaban J connectivity index is 1.78. The molecule has 0 aliphatic rings.